The van der Waals surface area contributed by atoms with Gasteiger partial charge >= 0.3 is 0 Å². The molecule has 21 heavy (non-hydrogen) atoms. The maximum Gasteiger partial charge on any atom is 0.144 e. The van der Waals surface area contributed by atoms with Crippen LogP contribution in [0.2, 0.25) is 0 Å². The van der Waals surface area contributed by atoms with Crippen LogP contribution in [0.3, 0.4) is 0 Å². The SMILES string of the molecule is CC(CN1CCOCC1)Nc1nc2c(cc1C#N)CCC2. The number of aryl methyl sites for hydroxylation is 2. The van der Waals surface area contributed by atoms with E-state index in [1.54, 1.807) is 0 Å². The van der Waals surface area contributed by atoms with Crippen LogP contribution in [0.5, 0.6) is 0 Å². The molecule has 0 radical (unpaired) electrons. The highest BCUT2D eigenvalue weighted by atomic mass is 16.5. The highest BCUT2D eigenvalue weighted by Gasteiger charge is 2.19. The molecule has 2 heterocycles. The van der Waals surface area contributed by atoms with Crippen LogP contribution in [0.4, 0.5) is 5.82 Å². The maximum atomic E-state index is 9.33. The first-order valence-electron chi connectivity index (χ1n) is 7.76. The molecule has 1 aliphatic heterocycles. The van der Waals surface area contributed by atoms with Crippen molar-refractivity contribution >= 4 is 5.82 Å². The third kappa shape index (κ3) is 3.34. The molecule has 1 unspecified atom stereocenters. The van der Waals surface area contributed by atoms with Crippen molar-refractivity contribution in [2.75, 3.05) is 38.2 Å². The molecule has 1 aliphatic carbocycles. The van der Waals surface area contributed by atoms with E-state index in [1.165, 1.54) is 5.56 Å². The predicted octanol–water partition coefficient (Wildman–Crippen LogP) is 1.57. The largest absolute Gasteiger partial charge is 0.379 e. The summed E-state index contributed by atoms with van der Waals surface area (Å²) >= 11 is 0. The number of fused-ring (bicyclic) bond motifs is 1. The molecule has 5 nitrogen and oxygen atoms in total. The molecular weight excluding hydrogens is 264 g/mol. The summed E-state index contributed by atoms with van der Waals surface area (Å²) in [6.07, 6.45) is 3.24. The predicted molar refractivity (Wildman–Crippen MR) is 81.3 cm³/mol. The third-order valence-electron chi connectivity index (χ3n) is 4.19. The van der Waals surface area contributed by atoms with Gasteiger partial charge in [0.2, 0.25) is 0 Å². The number of pyridine rings is 1. The van der Waals surface area contributed by atoms with Crippen LogP contribution in [0.25, 0.3) is 0 Å². The highest BCUT2D eigenvalue weighted by molar-refractivity contribution is 5.55. The third-order valence-corrected chi connectivity index (χ3v) is 4.19. The fourth-order valence-electron chi connectivity index (χ4n) is 3.12. The standard InChI is InChI=1S/C16H22N4O/c1-12(11-20-5-7-21-8-6-20)18-16-14(10-17)9-13-3-2-4-15(13)19-16/h9,12H,2-8,11H2,1H3,(H,18,19). The van der Waals surface area contributed by atoms with Crippen molar-refractivity contribution < 1.29 is 4.74 Å². The van der Waals surface area contributed by atoms with E-state index < -0.39 is 0 Å². The van der Waals surface area contributed by atoms with E-state index in [9.17, 15) is 5.26 Å². The molecule has 1 fully saturated rings. The van der Waals surface area contributed by atoms with Gasteiger partial charge in [0, 0.05) is 31.4 Å². The maximum absolute atomic E-state index is 9.33. The van der Waals surface area contributed by atoms with Gasteiger partial charge in [-0.3, -0.25) is 4.90 Å². The van der Waals surface area contributed by atoms with Crippen molar-refractivity contribution in [3.63, 3.8) is 0 Å². The van der Waals surface area contributed by atoms with Gasteiger partial charge in [-0.15, -0.1) is 0 Å². The molecule has 0 amide bonds. The van der Waals surface area contributed by atoms with Crippen molar-refractivity contribution in [2.45, 2.75) is 32.2 Å². The molecule has 5 heteroatoms. The van der Waals surface area contributed by atoms with Crippen molar-refractivity contribution in [1.82, 2.24) is 9.88 Å². The number of hydrogen-bond donors (Lipinski definition) is 1. The molecule has 2 aliphatic rings. The molecule has 0 aromatic carbocycles. The summed E-state index contributed by atoms with van der Waals surface area (Å²) in [5, 5.41) is 12.7. The molecule has 112 valence electrons. The van der Waals surface area contributed by atoms with E-state index in [2.05, 4.69) is 28.2 Å². The van der Waals surface area contributed by atoms with E-state index >= 15 is 0 Å². The lowest BCUT2D eigenvalue weighted by Gasteiger charge is -2.29. The fraction of sp³-hybridized carbons (Fsp3) is 0.625. The second-order valence-corrected chi connectivity index (χ2v) is 5.91. The van der Waals surface area contributed by atoms with Crippen LogP contribution in [-0.4, -0.2) is 48.8 Å². The Bertz CT molecular complexity index is 546. The van der Waals surface area contributed by atoms with E-state index in [-0.39, 0.29) is 6.04 Å². The highest BCUT2D eigenvalue weighted by Crippen LogP contribution is 2.25. The molecule has 3 rings (SSSR count). The summed E-state index contributed by atoms with van der Waals surface area (Å²) in [6.45, 7) is 6.68. The van der Waals surface area contributed by atoms with Gasteiger partial charge in [0.1, 0.15) is 11.9 Å². The van der Waals surface area contributed by atoms with Crippen LogP contribution in [0, 0.1) is 11.3 Å². The minimum absolute atomic E-state index is 0.266. The minimum atomic E-state index is 0.266. The van der Waals surface area contributed by atoms with Gasteiger partial charge in [-0.25, -0.2) is 4.98 Å². The quantitative estimate of drug-likeness (QED) is 0.910. The van der Waals surface area contributed by atoms with Crippen LogP contribution in [-0.2, 0) is 17.6 Å². The molecule has 0 spiro atoms. The molecule has 1 atom stereocenters. The molecular formula is C16H22N4O. The first kappa shape index (κ1) is 14.3. The number of aromatic nitrogens is 1. The Kier molecular flexibility index (Phi) is 4.37. The molecule has 1 saturated heterocycles. The normalized spacial score (nSPS) is 19.8. The number of nitrogens with zero attached hydrogens (tertiary/aromatic N) is 3. The van der Waals surface area contributed by atoms with Gasteiger partial charge in [0.25, 0.3) is 0 Å². The van der Waals surface area contributed by atoms with Crippen LogP contribution >= 0.6 is 0 Å². The Hall–Kier alpha value is -1.64. The van der Waals surface area contributed by atoms with Gasteiger partial charge < -0.3 is 10.1 Å². The molecule has 1 aromatic heterocycles. The van der Waals surface area contributed by atoms with E-state index in [4.69, 9.17) is 4.74 Å². The Morgan fingerprint density at radius 3 is 3.00 bits per heavy atom. The zero-order chi connectivity index (χ0) is 14.7. The second-order valence-electron chi connectivity index (χ2n) is 5.91. The summed E-state index contributed by atoms with van der Waals surface area (Å²) < 4.78 is 5.37. The molecule has 0 saturated carbocycles. The summed E-state index contributed by atoms with van der Waals surface area (Å²) in [5.74, 6) is 0.749. The van der Waals surface area contributed by atoms with E-state index in [0.717, 1.165) is 63.6 Å². The van der Waals surface area contributed by atoms with Crippen molar-refractivity contribution in [3.05, 3.63) is 22.9 Å². The second kappa shape index (κ2) is 6.42. The Labute approximate surface area is 125 Å². The lowest BCUT2D eigenvalue weighted by atomic mass is 10.1. The number of morpholine rings is 1. The Morgan fingerprint density at radius 1 is 1.43 bits per heavy atom. The van der Waals surface area contributed by atoms with Crippen LogP contribution in [0.15, 0.2) is 6.07 Å². The number of hydrogen-bond acceptors (Lipinski definition) is 5. The summed E-state index contributed by atoms with van der Waals surface area (Å²) in [5.41, 5.74) is 3.08. The first-order valence-corrected chi connectivity index (χ1v) is 7.76. The van der Waals surface area contributed by atoms with Crippen LogP contribution < -0.4 is 5.32 Å². The minimum Gasteiger partial charge on any atom is -0.379 e. The average Bonchev–Trinajstić information content (AvgIpc) is 2.94. The van der Waals surface area contributed by atoms with Gasteiger partial charge in [0.05, 0.1) is 18.8 Å². The van der Waals surface area contributed by atoms with Gasteiger partial charge in [0.15, 0.2) is 0 Å². The average molecular weight is 286 g/mol. The van der Waals surface area contributed by atoms with Gasteiger partial charge in [-0.1, -0.05) is 0 Å². The first-order chi connectivity index (χ1) is 10.3. The number of ether oxygens (including phenoxy) is 1. The van der Waals surface area contributed by atoms with Crippen LogP contribution in [0.1, 0.15) is 30.2 Å². The zero-order valence-corrected chi connectivity index (χ0v) is 12.6. The van der Waals surface area contributed by atoms with Gasteiger partial charge in [-0.2, -0.15) is 5.26 Å². The fourth-order valence-corrected chi connectivity index (χ4v) is 3.12. The topological polar surface area (TPSA) is 61.2 Å². The summed E-state index contributed by atoms with van der Waals surface area (Å²) in [6, 6.07) is 4.55. The van der Waals surface area contributed by atoms with Crippen molar-refractivity contribution in [3.8, 4) is 6.07 Å². The van der Waals surface area contributed by atoms with E-state index in [1.807, 2.05) is 6.07 Å². The number of rotatable bonds is 4. The number of anilines is 1. The lowest BCUT2D eigenvalue weighted by Crippen LogP contribution is -2.42. The zero-order valence-electron chi connectivity index (χ0n) is 12.6. The monoisotopic (exact) mass is 286 g/mol. The number of nitrogens with one attached hydrogen (secondary N) is 1. The lowest BCUT2D eigenvalue weighted by molar-refractivity contribution is 0.0368. The van der Waals surface area contributed by atoms with E-state index in [0.29, 0.717) is 5.56 Å². The smallest absolute Gasteiger partial charge is 0.144 e. The number of nitriles is 1. The Balaban J connectivity index is 1.67. The van der Waals surface area contributed by atoms with Gasteiger partial charge in [-0.05, 0) is 37.8 Å². The molecule has 0 bridgehead atoms. The van der Waals surface area contributed by atoms with Crippen molar-refractivity contribution in [1.29, 1.82) is 5.26 Å². The summed E-state index contributed by atoms with van der Waals surface area (Å²) in [4.78, 5) is 7.07. The summed E-state index contributed by atoms with van der Waals surface area (Å²) in [7, 11) is 0. The molecule has 1 N–H and O–H groups in total. The molecule has 1 aromatic rings. The van der Waals surface area contributed by atoms with Crippen molar-refractivity contribution in [2.24, 2.45) is 0 Å². The Morgan fingerprint density at radius 2 is 2.24 bits per heavy atom.